The van der Waals surface area contributed by atoms with E-state index in [9.17, 15) is 14.4 Å². The van der Waals surface area contributed by atoms with E-state index in [4.69, 9.17) is 14.2 Å². The van der Waals surface area contributed by atoms with Crippen molar-refractivity contribution in [2.45, 2.75) is 12.8 Å². The lowest BCUT2D eigenvalue weighted by atomic mass is 9.97. The number of piperidine rings is 1. The molecule has 29 heavy (non-hydrogen) atoms. The third-order valence-electron chi connectivity index (χ3n) is 5.64. The number of hydrogen-bond acceptors (Lipinski definition) is 6. The molecule has 0 aliphatic carbocycles. The van der Waals surface area contributed by atoms with Crippen LogP contribution in [0.3, 0.4) is 0 Å². The van der Waals surface area contributed by atoms with Crippen molar-refractivity contribution >= 4 is 23.6 Å². The molecule has 0 radical (unpaired) electrons. The molecule has 156 valence electrons. The summed E-state index contributed by atoms with van der Waals surface area (Å²) >= 11 is 0. The Kier molecular flexibility index (Phi) is 5.46. The Morgan fingerprint density at radius 1 is 1.07 bits per heavy atom. The van der Waals surface area contributed by atoms with Gasteiger partial charge in [-0.15, -0.1) is 0 Å². The zero-order valence-electron chi connectivity index (χ0n) is 16.5. The first-order valence-electron chi connectivity index (χ1n) is 9.88. The van der Waals surface area contributed by atoms with Crippen molar-refractivity contribution < 1.29 is 28.6 Å². The van der Waals surface area contributed by atoms with Gasteiger partial charge in [-0.3, -0.25) is 14.5 Å². The SMILES string of the molecule is COC(=O)C1CCN(C(=O)CN2CCN(c3ccc4c(c3)OCCO4)C2=O)CC1. The number of benzene rings is 1. The Bertz CT molecular complexity index is 805. The van der Waals surface area contributed by atoms with Crippen LogP contribution in [0.4, 0.5) is 10.5 Å². The number of fused-ring (bicyclic) bond motifs is 1. The van der Waals surface area contributed by atoms with Gasteiger partial charge in [0, 0.05) is 37.9 Å². The number of carbonyl (C=O) groups excluding carboxylic acids is 3. The Morgan fingerprint density at radius 3 is 2.52 bits per heavy atom. The number of likely N-dealkylation sites (tertiary alicyclic amines) is 1. The van der Waals surface area contributed by atoms with E-state index in [1.807, 2.05) is 6.07 Å². The van der Waals surface area contributed by atoms with Crippen LogP contribution in [0.15, 0.2) is 18.2 Å². The molecule has 0 atom stereocenters. The van der Waals surface area contributed by atoms with E-state index >= 15 is 0 Å². The summed E-state index contributed by atoms with van der Waals surface area (Å²) in [6, 6.07) is 5.24. The van der Waals surface area contributed by atoms with Gasteiger partial charge in [0.15, 0.2) is 11.5 Å². The van der Waals surface area contributed by atoms with Crippen molar-refractivity contribution in [2.75, 3.05) is 57.9 Å². The number of hydrogen-bond donors (Lipinski definition) is 0. The molecule has 0 aromatic heterocycles. The van der Waals surface area contributed by atoms with Gasteiger partial charge in [-0.05, 0) is 25.0 Å². The highest BCUT2D eigenvalue weighted by Gasteiger charge is 2.34. The molecule has 0 unspecified atom stereocenters. The van der Waals surface area contributed by atoms with Gasteiger partial charge in [-0.2, -0.15) is 0 Å². The van der Waals surface area contributed by atoms with Crippen molar-refractivity contribution in [3.63, 3.8) is 0 Å². The molecule has 0 spiro atoms. The summed E-state index contributed by atoms with van der Waals surface area (Å²) < 4.78 is 15.9. The minimum Gasteiger partial charge on any atom is -0.486 e. The molecule has 1 aromatic rings. The largest absolute Gasteiger partial charge is 0.486 e. The molecule has 3 heterocycles. The number of rotatable bonds is 4. The van der Waals surface area contributed by atoms with E-state index in [0.29, 0.717) is 63.7 Å². The average molecular weight is 403 g/mol. The van der Waals surface area contributed by atoms with Gasteiger partial charge in [-0.1, -0.05) is 0 Å². The quantitative estimate of drug-likeness (QED) is 0.700. The minimum absolute atomic E-state index is 0.0444. The van der Waals surface area contributed by atoms with E-state index in [0.717, 1.165) is 5.69 Å². The minimum atomic E-state index is -0.220. The molecule has 0 bridgehead atoms. The number of ether oxygens (including phenoxy) is 3. The number of esters is 1. The lowest BCUT2D eigenvalue weighted by Crippen LogP contribution is -2.46. The molecular weight excluding hydrogens is 378 g/mol. The van der Waals surface area contributed by atoms with Crippen LogP contribution >= 0.6 is 0 Å². The molecule has 9 nitrogen and oxygen atoms in total. The van der Waals surface area contributed by atoms with Crippen LogP contribution < -0.4 is 14.4 Å². The van der Waals surface area contributed by atoms with Gasteiger partial charge >= 0.3 is 12.0 Å². The number of urea groups is 1. The Hall–Kier alpha value is -2.97. The van der Waals surface area contributed by atoms with Crippen LogP contribution in [-0.4, -0.2) is 80.8 Å². The van der Waals surface area contributed by atoms with Gasteiger partial charge in [0.1, 0.15) is 19.8 Å². The Morgan fingerprint density at radius 2 is 1.79 bits per heavy atom. The van der Waals surface area contributed by atoms with Crippen molar-refractivity contribution in [1.82, 2.24) is 9.80 Å². The number of nitrogens with zero attached hydrogens (tertiary/aromatic N) is 3. The van der Waals surface area contributed by atoms with Gasteiger partial charge in [0.25, 0.3) is 0 Å². The summed E-state index contributed by atoms with van der Waals surface area (Å²) in [7, 11) is 1.38. The fraction of sp³-hybridized carbons (Fsp3) is 0.550. The van der Waals surface area contributed by atoms with Crippen molar-refractivity contribution in [3.05, 3.63) is 18.2 Å². The summed E-state index contributed by atoms with van der Waals surface area (Å²) in [5, 5.41) is 0. The van der Waals surface area contributed by atoms with Crippen LogP contribution in [0, 0.1) is 5.92 Å². The summed E-state index contributed by atoms with van der Waals surface area (Å²) in [6.07, 6.45) is 1.19. The van der Waals surface area contributed by atoms with Crippen molar-refractivity contribution in [2.24, 2.45) is 5.92 Å². The number of anilines is 1. The average Bonchev–Trinajstić information content (AvgIpc) is 3.13. The van der Waals surface area contributed by atoms with E-state index < -0.39 is 0 Å². The van der Waals surface area contributed by atoms with E-state index in [-0.39, 0.29) is 30.4 Å². The normalized spacial score (nSPS) is 19.5. The maximum Gasteiger partial charge on any atom is 0.325 e. The highest BCUT2D eigenvalue weighted by molar-refractivity contribution is 5.96. The second kappa shape index (κ2) is 8.18. The second-order valence-corrected chi connectivity index (χ2v) is 7.36. The molecule has 3 aliphatic rings. The molecule has 2 fully saturated rings. The van der Waals surface area contributed by atoms with Crippen LogP contribution in [0.1, 0.15) is 12.8 Å². The summed E-state index contributed by atoms with van der Waals surface area (Å²) in [6.45, 7) is 3.05. The molecule has 3 amide bonds. The predicted octanol–water partition coefficient (Wildman–Crippen LogP) is 1.11. The molecule has 0 N–H and O–H groups in total. The van der Waals surface area contributed by atoms with Crippen LogP contribution in [0.2, 0.25) is 0 Å². The highest BCUT2D eigenvalue weighted by atomic mass is 16.6. The monoisotopic (exact) mass is 403 g/mol. The van der Waals surface area contributed by atoms with Crippen LogP contribution in [0.25, 0.3) is 0 Å². The van der Waals surface area contributed by atoms with Gasteiger partial charge in [0.2, 0.25) is 5.91 Å². The second-order valence-electron chi connectivity index (χ2n) is 7.36. The summed E-state index contributed by atoms with van der Waals surface area (Å²) in [5.74, 6) is 0.842. The van der Waals surface area contributed by atoms with E-state index in [1.54, 1.807) is 26.8 Å². The molecule has 0 saturated carbocycles. The zero-order valence-corrected chi connectivity index (χ0v) is 16.5. The van der Waals surface area contributed by atoms with Crippen LogP contribution in [0.5, 0.6) is 11.5 Å². The maximum atomic E-state index is 12.8. The fourth-order valence-electron chi connectivity index (χ4n) is 3.96. The fourth-order valence-corrected chi connectivity index (χ4v) is 3.96. The molecule has 4 rings (SSSR count). The number of methoxy groups -OCH3 is 1. The predicted molar refractivity (Wildman–Crippen MR) is 103 cm³/mol. The smallest absolute Gasteiger partial charge is 0.325 e. The van der Waals surface area contributed by atoms with E-state index in [2.05, 4.69) is 0 Å². The molecule has 1 aromatic carbocycles. The third kappa shape index (κ3) is 3.94. The molecule has 9 heteroatoms. The first-order valence-corrected chi connectivity index (χ1v) is 9.88. The first kappa shape index (κ1) is 19.4. The maximum absolute atomic E-state index is 12.8. The zero-order chi connectivity index (χ0) is 20.4. The van der Waals surface area contributed by atoms with Gasteiger partial charge in [0.05, 0.1) is 13.0 Å². The first-order chi connectivity index (χ1) is 14.1. The lowest BCUT2D eigenvalue weighted by Gasteiger charge is -2.31. The number of carbonyl (C=O) groups is 3. The lowest BCUT2D eigenvalue weighted by molar-refractivity contribution is -0.148. The third-order valence-corrected chi connectivity index (χ3v) is 5.64. The Labute approximate surface area is 169 Å². The molecule has 3 aliphatic heterocycles. The molecular formula is C20H25N3O6. The van der Waals surface area contributed by atoms with Crippen molar-refractivity contribution in [3.8, 4) is 11.5 Å². The number of amides is 3. The highest BCUT2D eigenvalue weighted by Crippen LogP contribution is 2.35. The summed E-state index contributed by atoms with van der Waals surface area (Å²) in [5.41, 5.74) is 0.730. The Balaban J connectivity index is 1.34. The summed E-state index contributed by atoms with van der Waals surface area (Å²) in [4.78, 5) is 42.0. The molecule has 2 saturated heterocycles. The standard InChI is InChI=1S/C20H25N3O6/c1-27-19(25)14-4-6-21(7-5-14)18(24)13-22-8-9-23(20(22)26)15-2-3-16-17(12-15)29-11-10-28-16/h2-3,12,14H,4-11,13H2,1H3. The van der Waals surface area contributed by atoms with Crippen LogP contribution in [-0.2, 0) is 14.3 Å². The van der Waals surface area contributed by atoms with Gasteiger partial charge < -0.3 is 24.0 Å². The topological polar surface area (TPSA) is 88.6 Å². The van der Waals surface area contributed by atoms with Gasteiger partial charge in [-0.25, -0.2) is 4.79 Å². The van der Waals surface area contributed by atoms with E-state index in [1.165, 1.54) is 7.11 Å². The van der Waals surface area contributed by atoms with Crippen molar-refractivity contribution in [1.29, 1.82) is 0 Å².